The van der Waals surface area contributed by atoms with Gasteiger partial charge in [0.05, 0.1) is 22.0 Å². The van der Waals surface area contributed by atoms with E-state index in [2.05, 4.69) is 11.4 Å². The third-order valence-corrected chi connectivity index (χ3v) is 7.27. The van der Waals surface area contributed by atoms with E-state index in [1.165, 1.54) is 4.57 Å². The van der Waals surface area contributed by atoms with Crippen LogP contribution in [0.25, 0.3) is 10.9 Å². The Balaban J connectivity index is 1.43. The molecule has 8 heteroatoms. The largest absolute Gasteiger partial charge is 0.333 e. The summed E-state index contributed by atoms with van der Waals surface area (Å²) < 4.78 is 28.5. The van der Waals surface area contributed by atoms with Crippen molar-refractivity contribution in [1.29, 1.82) is 5.26 Å². The zero-order valence-corrected chi connectivity index (χ0v) is 17.2. The van der Waals surface area contributed by atoms with Crippen LogP contribution in [-0.4, -0.2) is 36.4 Å². The van der Waals surface area contributed by atoms with Crippen LogP contribution in [0.1, 0.15) is 30.4 Å². The molecule has 0 bridgehead atoms. The molecule has 154 valence electrons. The highest BCUT2D eigenvalue weighted by Gasteiger charge is 2.25. The lowest BCUT2D eigenvalue weighted by Crippen LogP contribution is -2.35. The van der Waals surface area contributed by atoms with Gasteiger partial charge in [0.25, 0.3) is 0 Å². The second-order valence-corrected chi connectivity index (χ2v) is 9.28. The number of carbonyl (C=O) groups excluding carboxylic acids is 1. The predicted octanol–water partition coefficient (Wildman–Crippen LogP) is 3.45. The Morgan fingerprint density at radius 2 is 1.77 bits per heavy atom. The Morgan fingerprint density at radius 3 is 2.47 bits per heavy atom. The molecule has 0 saturated carbocycles. The fourth-order valence-electron chi connectivity index (χ4n) is 3.69. The van der Waals surface area contributed by atoms with Gasteiger partial charge in [0.1, 0.15) is 0 Å². The Kier molecular flexibility index (Phi) is 5.57. The summed E-state index contributed by atoms with van der Waals surface area (Å²) in [6.45, 7) is 1.42. The molecule has 1 aliphatic rings. The number of nitrogens with one attached hydrogen (secondary N) is 1. The van der Waals surface area contributed by atoms with Gasteiger partial charge < -0.3 is 5.32 Å². The molecule has 1 amide bonds. The van der Waals surface area contributed by atoms with Crippen LogP contribution in [0.4, 0.5) is 4.79 Å². The molecule has 0 radical (unpaired) electrons. The molecular weight excluding hydrogens is 400 g/mol. The van der Waals surface area contributed by atoms with Crippen molar-refractivity contribution in [2.24, 2.45) is 0 Å². The van der Waals surface area contributed by atoms with Crippen molar-refractivity contribution in [2.45, 2.75) is 30.7 Å². The number of piperidine rings is 1. The number of rotatable bonds is 4. The van der Waals surface area contributed by atoms with Crippen LogP contribution in [0.15, 0.2) is 59.6 Å². The first kappa shape index (κ1) is 20.1. The number of aromatic nitrogens is 1. The highest BCUT2D eigenvalue weighted by Crippen LogP contribution is 2.21. The van der Waals surface area contributed by atoms with Gasteiger partial charge in [-0.15, -0.1) is 0 Å². The van der Waals surface area contributed by atoms with Gasteiger partial charge in [0, 0.05) is 31.2 Å². The maximum atomic E-state index is 12.7. The summed E-state index contributed by atoms with van der Waals surface area (Å²) in [5.41, 5.74) is 2.07. The van der Waals surface area contributed by atoms with Crippen LogP contribution in [0.3, 0.4) is 0 Å². The van der Waals surface area contributed by atoms with Crippen LogP contribution in [0.5, 0.6) is 0 Å². The lowest BCUT2D eigenvalue weighted by molar-refractivity contribution is 0.243. The number of carbonyl (C=O) groups is 1. The van der Waals surface area contributed by atoms with Gasteiger partial charge in [-0.05, 0) is 54.8 Å². The zero-order valence-electron chi connectivity index (χ0n) is 16.4. The van der Waals surface area contributed by atoms with Gasteiger partial charge in [-0.1, -0.05) is 18.6 Å². The summed E-state index contributed by atoms with van der Waals surface area (Å²) in [5, 5.41) is 12.6. The molecular formula is C22H22N4O3S. The number of nitrogens with zero attached hydrogens (tertiary/aromatic N) is 3. The summed E-state index contributed by atoms with van der Waals surface area (Å²) in [7, 11) is -3.46. The monoisotopic (exact) mass is 422 g/mol. The normalized spacial score (nSPS) is 15.0. The molecule has 0 spiro atoms. The molecule has 0 aliphatic carbocycles. The van der Waals surface area contributed by atoms with Crippen molar-refractivity contribution >= 4 is 27.0 Å². The highest BCUT2D eigenvalue weighted by atomic mass is 32.2. The molecule has 1 N–H and O–H groups in total. The third-order valence-electron chi connectivity index (χ3n) is 5.36. The quantitative estimate of drug-likeness (QED) is 0.697. The smallest absolute Gasteiger partial charge is 0.326 e. The molecule has 1 saturated heterocycles. The Hall–Kier alpha value is -3.15. The number of hydrogen-bond donors (Lipinski definition) is 1. The molecule has 1 aromatic heterocycles. The molecule has 4 rings (SSSR count). The summed E-state index contributed by atoms with van der Waals surface area (Å²) >= 11 is 0. The van der Waals surface area contributed by atoms with Crippen LogP contribution >= 0.6 is 0 Å². The first-order valence-corrected chi connectivity index (χ1v) is 11.3. The van der Waals surface area contributed by atoms with Gasteiger partial charge in [0.15, 0.2) is 0 Å². The van der Waals surface area contributed by atoms with Crippen LogP contribution in [0.2, 0.25) is 0 Å². The van der Waals surface area contributed by atoms with Gasteiger partial charge in [0.2, 0.25) is 10.0 Å². The zero-order chi connectivity index (χ0) is 21.1. The number of benzene rings is 2. The van der Waals surface area contributed by atoms with Crippen molar-refractivity contribution in [2.75, 3.05) is 13.1 Å². The summed E-state index contributed by atoms with van der Waals surface area (Å²) in [6, 6.07) is 15.4. The van der Waals surface area contributed by atoms with E-state index < -0.39 is 10.0 Å². The van der Waals surface area contributed by atoms with E-state index in [1.54, 1.807) is 59.0 Å². The number of hydrogen-bond acceptors (Lipinski definition) is 4. The molecule has 0 atom stereocenters. The third kappa shape index (κ3) is 3.95. The van der Waals surface area contributed by atoms with Crippen LogP contribution in [-0.2, 0) is 16.6 Å². The van der Waals surface area contributed by atoms with Gasteiger partial charge in [-0.2, -0.15) is 9.57 Å². The van der Waals surface area contributed by atoms with E-state index in [0.29, 0.717) is 18.7 Å². The van der Waals surface area contributed by atoms with Crippen molar-refractivity contribution < 1.29 is 13.2 Å². The van der Waals surface area contributed by atoms with E-state index in [0.717, 1.165) is 35.7 Å². The van der Waals surface area contributed by atoms with Crippen molar-refractivity contribution in [3.8, 4) is 6.07 Å². The Morgan fingerprint density at radius 1 is 1.03 bits per heavy atom. The first-order valence-electron chi connectivity index (χ1n) is 9.87. The number of fused-ring (bicyclic) bond motifs is 1. The molecule has 1 aliphatic heterocycles. The molecule has 2 heterocycles. The fourth-order valence-corrected chi connectivity index (χ4v) is 5.20. The summed E-state index contributed by atoms with van der Waals surface area (Å²) in [5.74, 6) is 0. The summed E-state index contributed by atoms with van der Waals surface area (Å²) in [4.78, 5) is 12.8. The highest BCUT2D eigenvalue weighted by molar-refractivity contribution is 7.89. The van der Waals surface area contributed by atoms with E-state index in [1.807, 2.05) is 0 Å². The average Bonchev–Trinajstić information content (AvgIpc) is 3.21. The molecule has 1 fully saturated rings. The number of amides is 1. The van der Waals surface area contributed by atoms with Crippen molar-refractivity contribution in [3.05, 3.63) is 65.9 Å². The van der Waals surface area contributed by atoms with Gasteiger partial charge >= 0.3 is 6.03 Å². The topological polar surface area (TPSA) is 95.2 Å². The second kappa shape index (κ2) is 8.30. The Labute approximate surface area is 175 Å². The van der Waals surface area contributed by atoms with Gasteiger partial charge in [-0.25, -0.2) is 13.2 Å². The standard InChI is InChI=1S/C22H22N4O3S/c23-15-18-6-9-21-19(14-18)10-13-26(21)22(27)24-16-17-4-7-20(8-5-17)30(28,29)25-11-2-1-3-12-25/h4-10,13-14H,1-3,11-12,16H2,(H,24,27). The Bertz CT molecular complexity index is 1220. The van der Waals surface area contributed by atoms with E-state index in [-0.39, 0.29) is 17.5 Å². The van der Waals surface area contributed by atoms with E-state index in [9.17, 15) is 13.2 Å². The molecule has 0 unspecified atom stereocenters. The van der Waals surface area contributed by atoms with Crippen molar-refractivity contribution in [1.82, 2.24) is 14.2 Å². The first-order chi connectivity index (χ1) is 14.5. The minimum Gasteiger partial charge on any atom is -0.333 e. The predicted molar refractivity (Wildman–Crippen MR) is 113 cm³/mol. The fraction of sp³-hybridized carbons (Fsp3) is 0.273. The lowest BCUT2D eigenvalue weighted by Gasteiger charge is -2.25. The van der Waals surface area contributed by atoms with E-state index in [4.69, 9.17) is 5.26 Å². The SMILES string of the molecule is N#Cc1ccc2c(ccn2C(=O)NCc2ccc(S(=O)(=O)N3CCCCC3)cc2)c1. The number of nitriles is 1. The van der Waals surface area contributed by atoms with E-state index >= 15 is 0 Å². The minimum atomic E-state index is -3.46. The second-order valence-electron chi connectivity index (χ2n) is 7.34. The average molecular weight is 423 g/mol. The van der Waals surface area contributed by atoms with Crippen molar-refractivity contribution in [3.63, 3.8) is 0 Å². The number of sulfonamides is 1. The maximum Gasteiger partial charge on any atom is 0.326 e. The molecule has 2 aromatic carbocycles. The van der Waals surface area contributed by atoms with Crippen LogP contribution in [0, 0.1) is 11.3 Å². The summed E-state index contributed by atoms with van der Waals surface area (Å²) in [6.07, 6.45) is 4.53. The maximum absolute atomic E-state index is 12.7. The lowest BCUT2D eigenvalue weighted by atomic mass is 10.2. The molecule has 30 heavy (non-hydrogen) atoms. The molecule has 7 nitrogen and oxygen atoms in total. The molecule has 3 aromatic rings. The minimum absolute atomic E-state index is 0.277. The van der Waals surface area contributed by atoms with Gasteiger partial charge in [-0.3, -0.25) is 4.57 Å². The van der Waals surface area contributed by atoms with Crippen LogP contribution < -0.4 is 5.32 Å².